The summed E-state index contributed by atoms with van der Waals surface area (Å²) in [5.74, 6) is -0.829. The second kappa shape index (κ2) is 14.1. The Kier molecular flexibility index (Phi) is 11.1. The number of alkyl halides is 3. The first-order valence-electron chi connectivity index (χ1n) is 13.2. The zero-order chi connectivity index (χ0) is 31.9. The molecule has 1 atom stereocenters. The minimum Gasteiger partial charge on any atom is -0.497 e. The van der Waals surface area contributed by atoms with Gasteiger partial charge in [-0.3, -0.25) is 13.9 Å². The predicted molar refractivity (Wildman–Crippen MR) is 159 cm³/mol. The number of sulfonamides is 1. The van der Waals surface area contributed by atoms with Crippen molar-refractivity contribution in [1.82, 2.24) is 10.2 Å². The van der Waals surface area contributed by atoms with Crippen molar-refractivity contribution in [2.75, 3.05) is 24.2 Å². The molecule has 1 N–H and O–H groups in total. The highest BCUT2D eigenvalue weighted by Crippen LogP contribution is 2.36. The summed E-state index contributed by atoms with van der Waals surface area (Å²) in [6.45, 7) is 2.47. The molecule has 0 spiro atoms. The molecule has 0 unspecified atom stereocenters. The summed E-state index contributed by atoms with van der Waals surface area (Å²) in [4.78, 5) is 28.9. The lowest BCUT2D eigenvalue weighted by atomic mass is 10.0. The molecule has 0 aliphatic heterocycles. The van der Waals surface area contributed by atoms with Gasteiger partial charge in [-0.15, -0.1) is 0 Å². The zero-order valence-electron chi connectivity index (χ0n) is 24.1. The third-order valence-electron chi connectivity index (χ3n) is 6.41. The molecule has 0 saturated heterocycles. The molecule has 3 rings (SSSR count). The summed E-state index contributed by atoms with van der Waals surface area (Å²) in [6, 6.07) is 16.5. The molecule has 0 heterocycles. The van der Waals surface area contributed by atoms with Gasteiger partial charge in [0.2, 0.25) is 21.8 Å². The lowest BCUT2D eigenvalue weighted by Crippen LogP contribution is -2.54. The number of amides is 2. The molecule has 0 radical (unpaired) electrons. The second-order valence-electron chi connectivity index (χ2n) is 10.2. The van der Waals surface area contributed by atoms with Crippen molar-refractivity contribution in [3.63, 3.8) is 0 Å². The number of benzene rings is 3. The Hall–Kier alpha value is -3.77. The molecule has 13 heteroatoms. The molecular formula is C30H33ClF3N3O5S. The minimum absolute atomic E-state index is 0.0816. The molecule has 3 aromatic carbocycles. The fourth-order valence-corrected chi connectivity index (χ4v) is 5.50. The highest BCUT2D eigenvalue weighted by molar-refractivity contribution is 7.92. The van der Waals surface area contributed by atoms with E-state index in [1.807, 2.05) is 0 Å². The van der Waals surface area contributed by atoms with Crippen molar-refractivity contribution < 1.29 is 35.9 Å². The molecule has 0 bridgehead atoms. The van der Waals surface area contributed by atoms with Crippen LogP contribution in [0.1, 0.15) is 30.5 Å². The van der Waals surface area contributed by atoms with Gasteiger partial charge in [0.05, 0.1) is 29.6 Å². The number of carbonyl (C=O) groups is 2. The van der Waals surface area contributed by atoms with E-state index in [9.17, 15) is 31.2 Å². The van der Waals surface area contributed by atoms with Crippen molar-refractivity contribution >= 4 is 39.1 Å². The molecule has 0 aromatic heterocycles. The minimum atomic E-state index is -4.79. The lowest BCUT2D eigenvalue weighted by molar-refractivity contribution is -0.140. The average Bonchev–Trinajstić information content (AvgIpc) is 2.93. The van der Waals surface area contributed by atoms with Crippen LogP contribution in [0.4, 0.5) is 18.9 Å². The fraction of sp³-hybridized carbons (Fsp3) is 0.333. The van der Waals surface area contributed by atoms with Crippen LogP contribution >= 0.6 is 11.6 Å². The third-order valence-corrected chi connectivity index (χ3v) is 7.86. The van der Waals surface area contributed by atoms with Crippen LogP contribution in [-0.4, -0.2) is 57.1 Å². The van der Waals surface area contributed by atoms with Crippen LogP contribution in [0.2, 0.25) is 5.02 Å². The van der Waals surface area contributed by atoms with Gasteiger partial charge in [0.1, 0.15) is 18.3 Å². The first-order chi connectivity index (χ1) is 20.1. The molecule has 3 aromatic rings. The van der Waals surface area contributed by atoms with E-state index in [0.29, 0.717) is 21.7 Å². The topological polar surface area (TPSA) is 96.0 Å². The number of hydrogen-bond acceptors (Lipinski definition) is 5. The normalized spacial score (nSPS) is 12.5. The first kappa shape index (κ1) is 33.7. The Labute approximate surface area is 254 Å². The maximum absolute atomic E-state index is 14.1. The molecule has 0 aliphatic carbocycles. The zero-order valence-corrected chi connectivity index (χ0v) is 25.6. The van der Waals surface area contributed by atoms with Crippen molar-refractivity contribution in [3.8, 4) is 5.75 Å². The summed E-state index contributed by atoms with van der Waals surface area (Å²) in [7, 11) is -2.85. The van der Waals surface area contributed by atoms with E-state index in [0.717, 1.165) is 24.0 Å². The smallest absolute Gasteiger partial charge is 0.416 e. The summed E-state index contributed by atoms with van der Waals surface area (Å²) in [5, 5.41) is 2.52. The molecule has 232 valence electrons. The van der Waals surface area contributed by atoms with Gasteiger partial charge in [0.25, 0.3) is 0 Å². The van der Waals surface area contributed by atoms with Crippen LogP contribution in [0.25, 0.3) is 0 Å². The van der Waals surface area contributed by atoms with E-state index < -0.39 is 51.9 Å². The highest BCUT2D eigenvalue weighted by Gasteiger charge is 2.36. The van der Waals surface area contributed by atoms with Crippen LogP contribution < -0.4 is 14.4 Å². The van der Waals surface area contributed by atoms with E-state index in [1.165, 1.54) is 12.0 Å². The summed E-state index contributed by atoms with van der Waals surface area (Å²) < 4.78 is 72.2. The van der Waals surface area contributed by atoms with Gasteiger partial charge in [-0.2, -0.15) is 13.2 Å². The van der Waals surface area contributed by atoms with E-state index in [-0.39, 0.29) is 24.0 Å². The molecule has 0 fully saturated rings. The van der Waals surface area contributed by atoms with Crippen molar-refractivity contribution in [3.05, 3.63) is 94.5 Å². The molecule has 2 amide bonds. The molecule has 0 aliphatic rings. The number of anilines is 1. The number of halogens is 4. The van der Waals surface area contributed by atoms with Gasteiger partial charge in [0, 0.05) is 19.0 Å². The second-order valence-corrected chi connectivity index (χ2v) is 12.5. The Morgan fingerprint density at radius 3 is 2.21 bits per heavy atom. The fourth-order valence-electron chi connectivity index (χ4n) is 4.38. The predicted octanol–water partition coefficient (Wildman–Crippen LogP) is 5.30. The van der Waals surface area contributed by atoms with Crippen LogP contribution in [0.3, 0.4) is 0 Å². The summed E-state index contributed by atoms with van der Waals surface area (Å²) in [6.07, 6.45) is -3.95. The standard InChI is InChI=1S/C30H33ClF3N3O5S/c1-20(2)35-29(39)27(16-21-9-6-5-7-10-21)36(18-22-11-8-12-24(15-22)42-3)28(38)19-37(43(4,40)41)26-17-23(30(32,33)34)13-14-25(26)31/h5-15,17,20,27H,16,18-19H2,1-4H3,(H,35,39)/t27-/m0/s1. The lowest BCUT2D eigenvalue weighted by Gasteiger charge is -2.34. The van der Waals surface area contributed by atoms with Gasteiger partial charge in [0.15, 0.2) is 0 Å². The number of carbonyl (C=O) groups excluding carboxylic acids is 2. The van der Waals surface area contributed by atoms with E-state index in [4.69, 9.17) is 16.3 Å². The van der Waals surface area contributed by atoms with E-state index >= 15 is 0 Å². The Balaban J connectivity index is 2.13. The Bertz CT molecular complexity index is 1540. The number of nitrogens with one attached hydrogen (secondary N) is 1. The van der Waals surface area contributed by atoms with Crippen molar-refractivity contribution in [1.29, 1.82) is 0 Å². The largest absolute Gasteiger partial charge is 0.497 e. The van der Waals surface area contributed by atoms with Crippen LogP contribution in [0, 0.1) is 0 Å². The average molecular weight is 640 g/mol. The van der Waals surface area contributed by atoms with E-state index in [1.54, 1.807) is 68.4 Å². The molecular weight excluding hydrogens is 607 g/mol. The van der Waals surface area contributed by atoms with Crippen LogP contribution in [-0.2, 0) is 38.8 Å². The number of nitrogens with zero attached hydrogens (tertiary/aromatic N) is 2. The van der Waals surface area contributed by atoms with Crippen LogP contribution in [0.5, 0.6) is 5.75 Å². The maximum Gasteiger partial charge on any atom is 0.416 e. The van der Waals surface area contributed by atoms with Gasteiger partial charge < -0.3 is 15.0 Å². The number of methoxy groups -OCH3 is 1. The summed E-state index contributed by atoms with van der Waals surface area (Å²) in [5.41, 5.74) is -0.346. The highest BCUT2D eigenvalue weighted by atomic mass is 35.5. The molecule has 43 heavy (non-hydrogen) atoms. The van der Waals surface area contributed by atoms with Gasteiger partial charge in [-0.05, 0) is 55.3 Å². The van der Waals surface area contributed by atoms with Gasteiger partial charge in [-0.1, -0.05) is 54.1 Å². The Morgan fingerprint density at radius 1 is 0.977 bits per heavy atom. The van der Waals surface area contributed by atoms with Crippen molar-refractivity contribution in [2.45, 2.75) is 45.1 Å². The SMILES string of the molecule is COc1cccc(CN(C(=O)CN(c2cc(C(F)(F)F)ccc2Cl)S(C)(=O)=O)[C@@H](Cc2ccccc2)C(=O)NC(C)C)c1. The quantitative estimate of drug-likeness (QED) is 0.290. The van der Waals surface area contributed by atoms with Gasteiger partial charge >= 0.3 is 6.18 Å². The van der Waals surface area contributed by atoms with Crippen LogP contribution in [0.15, 0.2) is 72.8 Å². The van der Waals surface area contributed by atoms with E-state index in [2.05, 4.69) is 5.32 Å². The third kappa shape index (κ3) is 9.36. The van der Waals surface area contributed by atoms with Gasteiger partial charge in [-0.25, -0.2) is 8.42 Å². The summed E-state index contributed by atoms with van der Waals surface area (Å²) >= 11 is 6.17. The number of ether oxygens (including phenoxy) is 1. The number of hydrogen-bond donors (Lipinski definition) is 1. The number of rotatable bonds is 12. The maximum atomic E-state index is 14.1. The monoisotopic (exact) mass is 639 g/mol. The first-order valence-corrected chi connectivity index (χ1v) is 15.4. The Morgan fingerprint density at radius 2 is 1.63 bits per heavy atom. The molecule has 0 saturated carbocycles. The molecule has 8 nitrogen and oxygen atoms in total. The van der Waals surface area contributed by atoms with Crippen molar-refractivity contribution in [2.24, 2.45) is 0 Å².